The van der Waals surface area contributed by atoms with Crippen LogP contribution in [0.15, 0.2) is 64.1 Å². The molecule has 0 atom stereocenters. The van der Waals surface area contributed by atoms with Gasteiger partial charge in [-0.15, -0.1) is 0 Å². The van der Waals surface area contributed by atoms with Gasteiger partial charge in [-0.3, -0.25) is 4.98 Å². The fraction of sp³-hybridized carbons (Fsp3) is 0.0625. The van der Waals surface area contributed by atoms with Crippen LogP contribution in [0.5, 0.6) is 5.75 Å². The van der Waals surface area contributed by atoms with Crippen LogP contribution in [-0.4, -0.2) is 13.4 Å². The second kappa shape index (κ2) is 5.70. The van der Waals surface area contributed by atoms with Gasteiger partial charge in [-0.1, -0.05) is 29.8 Å². The molecule has 1 aromatic heterocycles. The lowest BCUT2D eigenvalue weighted by Crippen LogP contribution is -2.10. The largest absolute Gasteiger partial charge is 0.375 e. The normalized spacial score (nSPS) is 11.5. The molecular weight excluding hydrogens is 366 g/mol. The van der Waals surface area contributed by atoms with Crippen LogP contribution in [0.3, 0.4) is 0 Å². The lowest BCUT2D eigenvalue weighted by atomic mass is 10.2. The van der Waals surface area contributed by atoms with Crippen LogP contribution in [0.1, 0.15) is 5.56 Å². The number of halogens is 1. The number of nitrogens with zero attached hydrogens (tertiary/aromatic N) is 1. The zero-order valence-electron chi connectivity index (χ0n) is 11.7. The van der Waals surface area contributed by atoms with Gasteiger partial charge in [0.05, 0.1) is 4.47 Å². The minimum Gasteiger partial charge on any atom is -0.375 e. The molecule has 0 bridgehead atoms. The number of fused-ring (bicyclic) bond motifs is 1. The Kier molecular flexibility index (Phi) is 3.88. The van der Waals surface area contributed by atoms with Crippen LogP contribution in [0, 0.1) is 6.92 Å². The Hall–Kier alpha value is -1.92. The number of rotatable bonds is 3. The number of benzene rings is 2. The highest BCUT2D eigenvalue weighted by Crippen LogP contribution is 2.34. The summed E-state index contributed by atoms with van der Waals surface area (Å²) in [6, 6.07) is 13.7. The quantitative estimate of drug-likeness (QED) is 0.645. The van der Waals surface area contributed by atoms with E-state index >= 15 is 0 Å². The SMILES string of the molecule is Cc1ccc(S(=O)(=O)Oc2c(Br)ccc3cccnc23)cc1. The van der Waals surface area contributed by atoms with Gasteiger partial charge in [-0.05, 0) is 47.1 Å². The number of pyridine rings is 1. The minimum atomic E-state index is -3.91. The van der Waals surface area contributed by atoms with Crippen LogP contribution >= 0.6 is 15.9 Å². The predicted molar refractivity (Wildman–Crippen MR) is 88.4 cm³/mol. The number of hydrogen-bond acceptors (Lipinski definition) is 4. The van der Waals surface area contributed by atoms with Crippen molar-refractivity contribution in [2.75, 3.05) is 0 Å². The van der Waals surface area contributed by atoms with E-state index in [4.69, 9.17) is 4.18 Å². The van der Waals surface area contributed by atoms with Crippen molar-refractivity contribution in [1.29, 1.82) is 0 Å². The minimum absolute atomic E-state index is 0.109. The summed E-state index contributed by atoms with van der Waals surface area (Å²) in [6.07, 6.45) is 1.60. The van der Waals surface area contributed by atoms with E-state index in [0.29, 0.717) is 9.99 Å². The van der Waals surface area contributed by atoms with Gasteiger partial charge in [0.25, 0.3) is 0 Å². The van der Waals surface area contributed by atoms with Crippen molar-refractivity contribution in [1.82, 2.24) is 4.98 Å². The molecule has 0 aliphatic heterocycles. The van der Waals surface area contributed by atoms with Crippen molar-refractivity contribution in [2.45, 2.75) is 11.8 Å². The molecule has 3 rings (SSSR count). The van der Waals surface area contributed by atoms with Crippen molar-refractivity contribution in [2.24, 2.45) is 0 Å². The van der Waals surface area contributed by atoms with E-state index in [-0.39, 0.29) is 10.6 Å². The molecule has 2 aromatic carbocycles. The second-order valence-electron chi connectivity index (χ2n) is 4.80. The third-order valence-electron chi connectivity index (χ3n) is 3.18. The van der Waals surface area contributed by atoms with Crippen molar-refractivity contribution in [3.8, 4) is 5.75 Å². The number of aromatic nitrogens is 1. The van der Waals surface area contributed by atoms with Crippen LogP contribution in [0.4, 0.5) is 0 Å². The van der Waals surface area contributed by atoms with Crippen LogP contribution in [0.25, 0.3) is 10.9 Å². The predicted octanol–water partition coefficient (Wildman–Crippen LogP) is 4.07. The first kappa shape index (κ1) is 15.0. The summed E-state index contributed by atoms with van der Waals surface area (Å²) < 4.78 is 30.7. The third kappa shape index (κ3) is 2.84. The Morgan fingerprint density at radius 1 is 1.05 bits per heavy atom. The van der Waals surface area contributed by atoms with Gasteiger partial charge in [0, 0.05) is 11.6 Å². The van der Waals surface area contributed by atoms with Crippen LogP contribution in [0.2, 0.25) is 0 Å². The lowest BCUT2D eigenvalue weighted by molar-refractivity contribution is 0.487. The second-order valence-corrected chi connectivity index (χ2v) is 7.20. The van der Waals surface area contributed by atoms with E-state index in [1.165, 1.54) is 12.1 Å². The summed E-state index contributed by atoms with van der Waals surface area (Å²) in [7, 11) is -3.91. The summed E-state index contributed by atoms with van der Waals surface area (Å²) in [4.78, 5) is 4.32. The highest BCUT2D eigenvalue weighted by molar-refractivity contribution is 9.10. The summed E-state index contributed by atoms with van der Waals surface area (Å²) in [5.41, 5.74) is 1.47. The zero-order chi connectivity index (χ0) is 15.7. The summed E-state index contributed by atoms with van der Waals surface area (Å²) in [6.45, 7) is 1.89. The fourth-order valence-electron chi connectivity index (χ4n) is 2.04. The Balaban J connectivity index is 2.09. The fourth-order valence-corrected chi connectivity index (χ4v) is 3.50. The Labute approximate surface area is 137 Å². The van der Waals surface area contributed by atoms with Gasteiger partial charge in [0.2, 0.25) is 0 Å². The van der Waals surface area contributed by atoms with Gasteiger partial charge in [0.15, 0.2) is 5.75 Å². The maximum atomic E-state index is 12.4. The number of hydrogen-bond donors (Lipinski definition) is 0. The lowest BCUT2D eigenvalue weighted by Gasteiger charge is -2.11. The Morgan fingerprint density at radius 2 is 1.77 bits per heavy atom. The highest BCUT2D eigenvalue weighted by atomic mass is 79.9. The van der Waals surface area contributed by atoms with Gasteiger partial charge < -0.3 is 4.18 Å². The van der Waals surface area contributed by atoms with E-state index in [0.717, 1.165) is 10.9 Å². The van der Waals surface area contributed by atoms with Crippen molar-refractivity contribution in [3.05, 3.63) is 64.8 Å². The first-order valence-electron chi connectivity index (χ1n) is 6.52. The summed E-state index contributed by atoms with van der Waals surface area (Å²) in [5, 5.41) is 0.805. The Morgan fingerprint density at radius 3 is 2.50 bits per heavy atom. The zero-order valence-corrected chi connectivity index (χ0v) is 14.1. The van der Waals surface area contributed by atoms with E-state index < -0.39 is 10.1 Å². The molecule has 0 saturated heterocycles. The van der Waals surface area contributed by atoms with Gasteiger partial charge in [-0.25, -0.2) is 0 Å². The topological polar surface area (TPSA) is 56.3 Å². The average molecular weight is 378 g/mol. The molecule has 3 aromatic rings. The molecule has 0 unspecified atom stereocenters. The van der Waals surface area contributed by atoms with E-state index in [2.05, 4.69) is 20.9 Å². The summed E-state index contributed by atoms with van der Waals surface area (Å²) >= 11 is 3.32. The van der Waals surface area contributed by atoms with Gasteiger partial charge >= 0.3 is 10.1 Å². The molecule has 0 fully saturated rings. The summed E-state index contributed by atoms with van der Waals surface area (Å²) in [5.74, 6) is 0.193. The van der Waals surface area contributed by atoms with Gasteiger partial charge in [0.1, 0.15) is 10.4 Å². The van der Waals surface area contributed by atoms with Crippen LogP contribution in [-0.2, 0) is 10.1 Å². The van der Waals surface area contributed by atoms with Gasteiger partial charge in [-0.2, -0.15) is 8.42 Å². The monoisotopic (exact) mass is 377 g/mol. The van der Waals surface area contributed by atoms with E-state index in [1.807, 2.05) is 19.1 Å². The van der Waals surface area contributed by atoms with Crippen LogP contribution < -0.4 is 4.18 Å². The molecule has 0 aliphatic rings. The van der Waals surface area contributed by atoms with Crippen molar-refractivity contribution in [3.63, 3.8) is 0 Å². The molecule has 0 N–H and O–H groups in total. The molecule has 22 heavy (non-hydrogen) atoms. The third-order valence-corrected chi connectivity index (χ3v) is 5.04. The molecule has 0 saturated carbocycles. The standard InChI is InChI=1S/C16H12BrNO3S/c1-11-4-7-13(8-5-11)22(19,20)21-16-14(17)9-6-12-3-2-10-18-15(12)16/h2-10H,1H3. The average Bonchev–Trinajstić information content (AvgIpc) is 2.50. The van der Waals surface area contributed by atoms with Crippen molar-refractivity contribution < 1.29 is 12.6 Å². The molecule has 0 spiro atoms. The first-order valence-corrected chi connectivity index (χ1v) is 8.72. The molecule has 112 valence electrons. The smallest absolute Gasteiger partial charge is 0.339 e. The van der Waals surface area contributed by atoms with E-state index in [1.54, 1.807) is 30.5 Å². The molecule has 0 aliphatic carbocycles. The van der Waals surface area contributed by atoms with E-state index in [9.17, 15) is 8.42 Å². The maximum Gasteiger partial charge on any atom is 0.339 e. The molecule has 0 radical (unpaired) electrons. The maximum absolute atomic E-state index is 12.4. The Bertz CT molecular complexity index is 937. The molecule has 1 heterocycles. The molecule has 4 nitrogen and oxygen atoms in total. The molecular formula is C16H12BrNO3S. The van der Waals surface area contributed by atoms with Crippen molar-refractivity contribution >= 4 is 37.0 Å². The molecule has 0 amide bonds. The first-order chi connectivity index (χ1) is 10.5. The molecule has 6 heteroatoms. The number of aryl methyl sites for hydroxylation is 1. The highest BCUT2D eigenvalue weighted by Gasteiger charge is 2.20.